The summed E-state index contributed by atoms with van der Waals surface area (Å²) in [6, 6.07) is 4.26. The van der Waals surface area contributed by atoms with Crippen molar-refractivity contribution in [2.24, 2.45) is 7.05 Å². The fourth-order valence-electron chi connectivity index (χ4n) is 3.91. The molecule has 0 spiro atoms. The summed E-state index contributed by atoms with van der Waals surface area (Å²) in [5.41, 5.74) is 5.31. The number of morpholine rings is 1. The second-order valence-corrected chi connectivity index (χ2v) is 7.18. The molecule has 0 aromatic carbocycles. The summed E-state index contributed by atoms with van der Waals surface area (Å²) in [5.74, 6) is 0.717. The molecule has 1 fully saturated rings. The van der Waals surface area contributed by atoms with Crippen LogP contribution in [0.15, 0.2) is 24.7 Å². The first-order chi connectivity index (χ1) is 14.2. The molecule has 10 heteroatoms. The molecule has 5 rings (SSSR count). The van der Waals surface area contributed by atoms with Crippen molar-refractivity contribution in [2.75, 3.05) is 24.7 Å². The van der Waals surface area contributed by atoms with Crippen LogP contribution < -0.4 is 4.90 Å². The lowest BCUT2D eigenvalue weighted by Crippen LogP contribution is -2.44. The largest absolute Gasteiger partial charge is 0.377 e. The zero-order chi connectivity index (χ0) is 20.0. The molecule has 0 amide bonds. The molecule has 0 bridgehead atoms. The van der Waals surface area contributed by atoms with E-state index in [1.807, 2.05) is 17.8 Å². The van der Waals surface area contributed by atoms with Gasteiger partial charge in [0.2, 0.25) is 0 Å². The van der Waals surface area contributed by atoms with Crippen LogP contribution in [-0.2, 0) is 18.3 Å². The molecule has 1 atom stereocenters. The first kappa shape index (κ1) is 17.8. The van der Waals surface area contributed by atoms with E-state index < -0.39 is 0 Å². The van der Waals surface area contributed by atoms with E-state index in [1.165, 1.54) is 0 Å². The number of ether oxygens (including phenoxy) is 1. The summed E-state index contributed by atoms with van der Waals surface area (Å²) in [5, 5.41) is 16.2. The van der Waals surface area contributed by atoms with Crippen LogP contribution in [0.1, 0.15) is 13.8 Å². The lowest BCUT2D eigenvalue weighted by Gasteiger charge is -2.35. The normalized spacial score (nSPS) is 17.3. The Bertz CT molecular complexity index is 1140. The van der Waals surface area contributed by atoms with Gasteiger partial charge in [0.1, 0.15) is 28.7 Å². The van der Waals surface area contributed by atoms with Crippen LogP contribution in [0.4, 0.5) is 5.69 Å². The number of aromatic amines is 1. The van der Waals surface area contributed by atoms with E-state index in [9.17, 15) is 0 Å². The number of nitrogens with zero attached hydrogens (tertiary/aromatic N) is 8. The highest BCUT2D eigenvalue weighted by Gasteiger charge is 2.27. The van der Waals surface area contributed by atoms with Crippen LogP contribution >= 0.6 is 0 Å². The third-order valence-electron chi connectivity index (χ3n) is 5.35. The monoisotopic (exact) mass is 393 g/mol. The summed E-state index contributed by atoms with van der Waals surface area (Å²) < 4.78 is 9.42. The van der Waals surface area contributed by atoms with E-state index in [0.717, 1.165) is 46.9 Å². The lowest BCUT2D eigenvalue weighted by atomic mass is 10.1. The SMILES string of the molecule is CCn1nc(-c2ccn[nH]2)c2nc(-c3ncnn3C)cc(N3CCOC[C@H]3C)c21. The minimum absolute atomic E-state index is 0.248. The molecular formula is C19H23N9O. The van der Waals surface area contributed by atoms with Gasteiger partial charge in [-0.2, -0.15) is 15.3 Å². The minimum Gasteiger partial charge on any atom is -0.377 e. The minimum atomic E-state index is 0.248. The van der Waals surface area contributed by atoms with Crippen LogP contribution in [-0.4, -0.2) is 65.5 Å². The zero-order valence-corrected chi connectivity index (χ0v) is 16.7. The number of anilines is 1. The van der Waals surface area contributed by atoms with Gasteiger partial charge in [0.05, 0.1) is 24.6 Å². The highest BCUT2D eigenvalue weighted by atomic mass is 16.5. The topological polar surface area (TPSA) is 103 Å². The molecule has 0 unspecified atom stereocenters. The fraction of sp³-hybridized carbons (Fsp3) is 0.421. The number of aryl methyl sites for hydroxylation is 2. The number of aromatic nitrogens is 8. The summed E-state index contributed by atoms with van der Waals surface area (Å²) in [4.78, 5) is 11.8. The van der Waals surface area contributed by atoms with Crippen LogP contribution in [0.2, 0.25) is 0 Å². The molecule has 4 aromatic heterocycles. The fourth-order valence-corrected chi connectivity index (χ4v) is 3.91. The van der Waals surface area contributed by atoms with Gasteiger partial charge in [0, 0.05) is 32.4 Å². The first-order valence-electron chi connectivity index (χ1n) is 9.77. The van der Waals surface area contributed by atoms with Crippen molar-refractivity contribution in [3.8, 4) is 22.9 Å². The predicted molar refractivity (Wildman–Crippen MR) is 108 cm³/mol. The highest BCUT2D eigenvalue weighted by Crippen LogP contribution is 2.36. The summed E-state index contributed by atoms with van der Waals surface area (Å²) in [6.45, 7) is 7.20. The van der Waals surface area contributed by atoms with Gasteiger partial charge >= 0.3 is 0 Å². The van der Waals surface area contributed by atoms with Gasteiger partial charge in [0.25, 0.3) is 0 Å². The average molecular weight is 393 g/mol. The van der Waals surface area contributed by atoms with Crippen LogP contribution in [0, 0.1) is 0 Å². The van der Waals surface area contributed by atoms with Crippen LogP contribution in [0.3, 0.4) is 0 Å². The molecule has 0 aliphatic carbocycles. The molecule has 150 valence electrons. The number of fused-ring (bicyclic) bond motifs is 1. The first-order valence-corrected chi connectivity index (χ1v) is 9.77. The molecule has 0 radical (unpaired) electrons. The van der Waals surface area contributed by atoms with Crippen LogP contribution in [0.25, 0.3) is 33.9 Å². The zero-order valence-electron chi connectivity index (χ0n) is 16.7. The van der Waals surface area contributed by atoms with Gasteiger partial charge in [0.15, 0.2) is 5.82 Å². The van der Waals surface area contributed by atoms with Crippen molar-refractivity contribution in [3.63, 3.8) is 0 Å². The number of nitrogens with one attached hydrogen (secondary N) is 1. The van der Waals surface area contributed by atoms with E-state index in [1.54, 1.807) is 17.2 Å². The maximum absolute atomic E-state index is 5.67. The second kappa shape index (κ2) is 6.96. The Kier molecular flexibility index (Phi) is 4.27. The standard InChI is InChI=1S/C19H23N9O/c1-4-28-18-15(27-7-8-29-10-12(27)2)9-14(19-20-11-22-26(19)3)23-17(18)16(25-28)13-5-6-21-24-13/h5-6,9,11-12H,4,7-8,10H2,1-3H3,(H,21,24)/t12-/m1/s1. The molecule has 5 heterocycles. The Morgan fingerprint density at radius 3 is 2.93 bits per heavy atom. The third kappa shape index (κ3) is 2.87. The Morgan fingerprint density at radius 1 is 1.34 bits per heavy atom. The van der Waals surface area contributed by atoms with E-state index in [4.69, 9.17) is 14.8 Å². The van der Waals surface area contributed by atoms with E-state index in [-0.39, 0.29) is 6.04 Å². The summed E-state index contributed by atoms with van der Waals surface area (Å²) >= 11 is 0. The number of pyridine rings is 1. The van der Waals surface area contributed by atoms with Crippen molar-refractivity contribution < 1.29 is 4.74 Å². The highest BCUT2D eigenvalue weighted by molar-refractivity contribution is 5.98. The Hall–Kier alpha value is -3.27. The molecular weight excluding hydrogens is 370 g/mol. The lowest BCUT2D eigenvalue weighted by molar-refractivity contribution is 0.0990. The molecule has 1 aliphatic heterocycles. The molecule has 10 nitrogen and oxygen atoms in total. The van der Waals surface area contributed by atoms with Gasteiger partial charge in [-0.1, -0.05) is 0 Å². The molecule has 4 aromatic rings. The van der Waals surface area contributed by atoms with Crippen molar-refractivity contribution in [2.45, 2.75) is 26.4 Å². The summed E-state index contributed by atoms with van der Waals surface area (Å²) in [7, 11) is 1.87. The Labute approximate surface area is 167 Å². The van der Waals surface area contributed by atoms with Crippen molar-refractivity contribution >= 4 is 16.7 Å². The van der Waals surface area contributed by atoms with Gasteiger partial charge in [-0.3, -0.25) is 9.78 Å². The van der Waals surface area contributed by atoms with E-state index >= 15 is 0 Å². The quantitative estimate of drug-likeness (QED) is 0.564. The van der Waals surface area contributed by atoms with E-state index in [2.05, 4.69) is 45.1 Å². The smallest absolute Gasteiger partial charge is 0.176 e. The maximum Gasteiger partial charge on any atom is 0.176 e. The Morgan fingerprint density at radius 2 is 2.24 bits per heavy atom. The summed E-state index contributed by atoms with van der Waals surface area (Å²) in [6.07, 6.45) is 3.27. The second-order valence-electron chi connectivity index (χ2n) is 7.18. The Balaban J connectivity index is 1.82. The molecule has 1 aliphatic rings. The molecule has 1 saturated heterocycles. The van der Waals surface area contributed by atoms with Gasteiger partial charge in [-0.05, 0) is 26.0 Å². The third-order valence-corrected chi connectivity index (χ3v) is 5.35. The number of rotatable bonds is 4. The van der Waals surface area contributed by atoms with Gasteiger partial charge in [-0.25, -0.2) is 14.6 Å². The number of hydrogen-bond donors (Lipinski definition) is 1. The average Bonchev–Trinajstić information content (AvgIpc) is 3.47. The molecule has 29 heavy (non-hydrogen) atoms. The molecule has 1 N–H and O–H groups in total. The van der Waals surface area contributed by atoms with Gasteiger partial charge in [-0.15, -0.1) is 0 Å². The maximum atomic E-state index is 5.67. The molecule has 0 saturated carbocycles. The van der Waals surface area contributed by atoms with E-state index in [0.29, 0.717) is 19.0 Å². The van der Waals surface area contributed by atoms with Gasteiger partial charge < -0.3 is 9.64 Å². The van der Waals surface area contributed by atoms with Crippen molar-refractivity contribution in [1.82, 2.24) is 39.7 Å². The predicted octanol–water partition coefficient (Wildman–Crippen LogP) is 1.86. The number of H-pyrrole nitrogens is 1. The number of hydrogen-bond acceptors (Lipinski definition) is 7. The van der Waals surface area contributed by atoms with Crippen molar-refractivity contribution in [1.29, 1.82) is 0 Å². The van der Waals surface area contributed by atoms with Crippen LogP contribution in [0.5, 0.6) is 0 Å². The van der Waals surface area contributed by atoms with Crippen molar-refractivity contribution in [3.05, 3.63) is 24.7 Å².